The Bertz CT molecular complexity index is 583. The Morgan fingerprint density at radius 3 is 2.92 bits per heavy atom. The number of nitrogens with one attached hydrogen (secondary N) is 1. The number of rotatable bonds is 7. The van der Waals surface area contributed by atoms with Gasteiger partial charge in [-0.3, -0.25) is 15.0 Å². The van der Waals surface area contributed by atoms with Crippen LogP contribution in [0.3, 0.4) is 0 Å². The number of nitrogens with zero attached hydrogens (tertiary/aromatic N) is 2. The molecule has 2 rings (SSSR count). The lowest BCUT2D eigenvalue weighted by Crippen LogP contribution is -2.46. The number of hydrogen-bond acceptors (Lipinski definition) is 6. The van der Waals surface area contributed by atoms with Gasteiger partial charge in [0.05, 0.1) is 30.8 Å². The first-order valence-corrected chi connectivity index (χ1v) is 8.00. The minimum absolute atomic E-state index is 0.0332. The Hall–Kier alpha value is -1.93. The molecule has 1 aromatic rings. The van der Waals surface area contributed by atoms with Gasteiger partial charge in [0.25, 0.3) is 5.69 Å². The van der Waals surface area contributed by atoms with Crippen molar-refractivity contribution < 1.29 is 18.8 Å². The summed E-state index contributed by atoms with van der Waals surface area (Å²) in [7, 11) is 1.32. The predicted molar refractivity (Wildman–Crippen MR) is 89.1 cm³/mol. The Balaban J connectivity index is 2.04. The second kappa shape index (κ2) is 8.25. The number of anilines is 1. The molecule has 1 atom stereocenters. The van der Waals surface area contributed by atoms with E-state index in [1.54, 1.807) is 0 Å². The van der Waals surface area contributed by atoms with E-state index in [0.717, 1.165) is 25.7 Å². The summed E-state index contributed by atoms with van der Waals surface area (Å²) >= 11 is 0. The minimum atomic E-state index is -0.758. The third-order valence-corrected chi connectivity index (χ3v) is 3.83. The Morgan fingerprint density at radius 1 is 1.54 bits per heavy atom. The van der Waals surface area contributed by atoms with Crippen molar-refractivity contribution in [2.75, 3.05) is 45.2 Å². The molecule has 8 heteroatoms. The Kier molecular flexibility index (Phi) is 6.33. The highest BCUT2D eigenvalue weighted by atomic mass is 19.1. The lowest BCUT2D eigenvalue weighted by Gasteiger charge is -2.34. The molecule has 24 heavy (non-hydrogen) atoms. The van der Waals surface area contributed by atoms with Crippen LogP contribution < -0.4 is 10.1 Å². The van der Waals surface area contributed by atoms with E-state index in [2.05, 4.69) is 24.1 Å². The molecule has 0 bridgehead atoms. The molecule has 1 saturated heterocycles. The molecule has 134 valence electrons. The molecule has 1 N–H and O–H groups in total. The first-order valence-electron chi connectivity index (χ1n) is 8.00. The average Bonchev–Trinajstić information content (AvgIpc) is 2.53. The number of hydrogen-bond donors (Lipinski definition) is 1. The van der Waals surface area contributed by atoms with E-state index in [1.807, 2.05) is 0 Å². The fourth-order valence-corrected chi connectivity index (χ4v) is 2.80. The van der Waals surface area contributed by atoms with Gasteiger partial charge in [-0.05, 0) is 5.92 Å². The maximum absolute atomic E-state index is 13.7. The van der Waals surface area contributed by atoms with Crippen LogP contribution in [0.1, 0.15) is 13.8 Å². The highest BCUT2D eigenvalue weighted by molar-refractivity contribution is 5.64. The van der Waals surface area contributed by atoms with E-state index in [4.69, 9.17) is 9.47 Å². The molecule has 0 radical (unpaired) electrons. The number of methoxy groups -OCH3 is 1. The first kappa shape index (κ1) is 18.4. The van der Waals surface area contributed by atoms with Crippen molar-refractivity contribution in [1.29, 1.82) is 0 Å². The largest absolute Gasteiger partial charge is 0.494 e. The third-order valence-electron chi connectivity index (χ3n) is 3.83. The maximum Gasteiger partial charge on any atom is 0.295 e. The van der Waals surface area contributed by atoms with Crippen molar-refractivity contribution in [3.8, 4) is 5.75 Å². The van der Waals surface area contributed by atoms with Crippen LogP contribution in [-0.4, -0.2) is 55.8 Å². The van der Waals surface area contributed by atoms with Crippen molar-refractivity contribution in [1.82, 2.24) is 4.90 Å². The molecule has 1 aliphatic rings. The van der Waals surface area contributed by atoms with E-state index in [-0.39, 0.29) is 23.2 Å². The van der Waals surface area contributed by atoms with E-state index in [9.17, 15) is 14.5 Å². The van der Waals surface area contributed by atoms with Crippen LogP contribution in [0.5, 0.6) is 5.75 Å². The SMILES string of the molecule is COc1cc(NCC2CN(CC(C)C)CCO2)c([N+](=O)[O-])cc1F. The summed E-state index contributed by atoms with van der Waals surface area (Å²) in [4.78, 5) is 12.8. The highest BCUT2D eigenvalue weighted by Gasteiger charge is 2.23. The summed E-state index contributed by atoms with van der Waals surface area (Å²) in [5.74, 6) is -0.222. The number of benzene rings is 1. The number of nitro groups is 1. The first-order chi connectivity index (χ1) is 11.4. The fraction of sp³-hybridized carbons (Fsp3) is 0.625. The summed E-state index contributed by atoms with van der Waals surface area (Å²) in [6.45, 7) is 8.01. The monoisotopic (exact) mass is 341 g/mol. The second-order valence-corrected chi connectivity index (χ2v) is 6.29. The molecule has 0 aliphatic carbocycles. The van der Waals surface area contributed by atoms with Gasteiger partial charge >= 0.3 is 0 Å². The smallest absolute Gasteiger partial charge is 0.295 e. The number of ether oxygens (including phenoxy) is 2. The minimum Gasteiger partial charge on any atom is -0.494 e. The van der Waals surface area contributed by atoms with Crippen LogP contribution in [0.2, 0.25) is 0 Å². The molecule has 0 saturated carbocycles. The van der Waals surface area contributed by atoms with Gasteiger partial charge in [0.15, 0.2) is 11.6 Å². The molecule has 0 amide bonds. The van der Waals surface area contributed by atoms with Crippen LogP contribution in [0.4, 0.5) is 15.8 Å². The molecular weight excluding hydrogens is 317 g/mol. The maximum atomic E-state index is 13.7. The number of nitro benzene ring substituents is 1. The fourth-order valence-electron chi connectivity index (χ4n) is 2.80. The summed E-state index contributed by atoms with van der Waals surface area (Å²) < 4.78 is 24.3. The van der Waals surface area contributed by atoms with Gasteiger partial charge in [-0.1, -0.05) is 13.8 Å². The molecule has 1 fully saturated rings. The zero-order valence-electron chi connectivity index (χ0n) is 14.3. The lowest BCUT2D eigenvalue weighted by atomic mass is 10.1. The predicted octanol–water partition coefficient (Wildman–Crippen LogP) is 2.51. The molecular formula is C16H24FN3O4. The normalized spacial score (nSPS) is 18.6. The molecule has 1 heterocycles. The molecule has 1 unspecified atom stereocenters. The van der Waals surface area contributed by atoms with Gasteiger partial charge in [-0.25, -0.2) is 4.39 Å². The number of morpholine rings is 1. The summed E-state index contributed by atoms with van der Waals surface area (Å²) in [5, 5.41) is 14.1. The summed E-state index contributed by atoms with van der Waals surface area (Å²) in [6, 6.07) is 2.18. The van der Waals surface area contributed by atoms with E-state index in [1.165, 1.54) is 13.2 Å². The molecule has 0 spiro atoms. The lowest BCUT2D eigenvalue weighted by molar-refractivity contribution is -0.384. The molecule has 0 aromatic heterocycles. The Morgan fingerprint density at radius 2 is 2.29 bits per heavy atom. The van der Waals surface area contributed by atoms with E-state index < -0.39 is 10.7 Å². The van der Waals surface area contributed by atoms with Crippen molar-refractivity contribution in [3.05, 3.63) is 28.1 Å². The van der Waals surface area contributed by atoms with Gasteiger partial charge in [0.2, 0.25) is 0 Å². The molecule has 7 nitrogen and oxygen atoms in total. The number of halogens is 1. The van der Waals surface area contributed by atoms with Gasteiger partial charge in [0.1, 0.15) is 5.69 Å². The van der Waals surface area contributed by atoms with E-state index >= 15 is 0 Å². The zero-order valence-corrected chi connectivity index (χ0v) is 14.3. The van der Waals surface area contributed by atoms with Crippen LogP contribution in [0.15, 0.2) is 12.1 Å². The van der Waals surface area contributed by atoms with Crippen molar-refractivity contribution >= 4 is 11.4 Å². The van der Waals surface area contributed by atoms with Crippen LogP contribution in [0.25, 0.3) is 0 Å². The topological polar surface area (TPSA) is 76.9 Å². The van der Waals surface area contributed by atoms with Crippen LogP contribution in [-0.2, 0) is 4.74 Å². The van der Waals surface area contributed by atoms with Crippen molar-refractivity contribution in [2.24, 2.45) is 5.92 Å². The zero-order chi connectivity index (χ0) is 17.7. The van der Waals surface area contributed by atoms with Gasteiger partial charge in [-0.15, -0.1) is 0 Å². The quantitative estimate of drug-likeness (QED) is 0.606. The van der Waals surface area contributed by atoms with Gasteiger partial charge in [0, 0.05) is 32.2 Å². The highest BCUT2D eigenvalue weighted by Crippen LogP contribution is 2.31. The van der Waals surface area contributed by atoms with Gasteiger partial charge < -0.3 is 14.8 Å². The molecule has 1 aromatic carbocycles. The van der Waals surface area contributed by atoms with E-state index in [0.29, 0.717) is 19.1 Å². The average molecular weight is 341 g/mol. The van der Waals surface area contributed by atoms with Crippen LogP contribution >= 0.6 is 0 Å². The second-order valence-electron chi connectivity index (χ2n) is 6.29. The summed E-state index contributed by atoms with van der Waals surface area (Å²) in [5.41, 5.74) is -0.0917. The third kappa shape index (κ3) is 4.78. The van der Waals surface area contributed by atoms with Crippen molar-refractivity contribution in [2.45, 2.75) is 20.0 Å². The van der Waals surface area contributed by atoms with Gasteiger partial charge in [-0.2, -0.15) is 0 Å². The Labute approximate surface area is 140 Å². The standard InChI is InChI=1S/C16H24FN3O4/c1-11(2)9-19-4-5-24-12(10-19)8-18-14-7-16(23-3)13(17)6-15(14)20(21)22/h6-7,11-12,18H,4-5,8-10H2,1-3H3. The molecule has 1 aliphatic heterocycles. The summed E-state index contributed by atoms with van der Waals surface area (Å²) in [6.07, 6.45) is -0.0758. The van der Waals surface area contributed by atoms with Crippen molar-refractivity contribution in [3.63, 3.8) is 0 Å². The van der Waals surface area contributed by atoms with Crippen LogP contribution in [0, 0.1) is 21.8 Å².